The van der Waals surface area contributed by atoms with Crippen LogP contribution in [0.1, 0.15) is 31.2 Å². The van der Waals surface area contributed by atoms with Crippen LogP contribution in [0, 0.1) is 0 Å². The van der Waals surface area contributed by atoms with Gasteiger partial charge in [0, 0.05) is 30.0 Å². The standard InChI is InChI=1S/C16H18N4OS/c21-15-5-2-8-20(15)13-4-1-3-11(9-13)14-10-22-16(19-18-14)17-12-6-7-12/h1,3-4,9,12H,2,5-8,10H2,(H,17,19). The lowest BCUT2D eigenvalue weighted by Gasteiger charge is -2.18. The maximum Gasteiger partial charge on any atom is 0.227 e. The Morgan fingerprint density at radius 1 is 1.36 bits per heavy atom. The first-order chi connectivity index (χ1) is 10.8. The molecule has 2 aliphatic heterocycles. The summed E-state index contributed by atoms with van der Waals surface area (Å²) >= 11 is 1.70. The van der Waals surface area contributed by atoms with Crippen LogP contribution in [0.3, 0.4) is 0 Å². The summed E-state index contributed by atoms with van der Waals surface area (Å²) in [7, 11) is 0. The number of carbonyl (C=O) groups excluding carboxylic acids is 1. The lowest BCUT2D eigenvalue weighted by Crippen LogP contribution is -2.26. The van der Waals surface area contributed by atoms with Crippen LogP contribution in [0.15, 0.2) is 34.4 Å². The van der Waals surface area contributed by atoms with Gasteiger partial charge in [0.05, 0.1) is 11.8 Å². The highest BCUT2D eigenvalue weighted by Gasteiger charge is 2.24. The number of carbonyl (C=O) groups is 1. The molecule has 1 aliphatic carbocycles. The zero-order valence-electron chi connectivity index (χ0n) is 12.3. The van der Waals surface area contributed by atoms with Gasteiger partial charge >= 0.3 is 0 Å². The molecule has 1 aromatic carbocycles. The second-order valence-electron chi connectivity index (χ2n) is 5.82. The fourth-order valence-corrected chi connectivity index (χ4v) is 3.51. The smallest absolute Gasteiger partial charge is 0.227 e. The minimum absolute atomic E-state index is 0.217. The van der Waals surface area contributed by atoms with Crippen molar-refractivity contribution in [1.82, 2.24) is 5.43 Å². The lowest BCUT2D eigenvalue weighted by molar-refractivity contribution is -0.117. The highest BCUT2D eigenvalue weighted by Crippen LogP contribution is 2.26. The number of hydrogen-bond acceptors (Lipinski definition) is 4. The second-order valence-corrected chi connectivity index (χ2v) is 6.79. The van der Waals surface area contributed by atoms with E-state index in [9.17, 15) is 4.79 Å². The summed E-state index contributed by atoms with van der Waals surface area (Å²) in [6.45, 7) is 0.819. The van der Waals surface area contributed by atoms with Crippen molar-refractivity contribution >= 4 is 34.2 Å². The van der Waals surface area contributed by atoms with Gasteiger partial charge in [0.15, 0.2) is 5.17 Å². The number of hydrazone groups is 1. The normalized spacial score (nSPS) is 23.6. The molecule has 1 N–H and O–H groups in total. The van der Waals surface area contributed by atoms with Crippen molar-refractivity contribution in [2.75, 3.05) is 17.2 Å². The Kier molecular flexibility index (Phi) is 3.62. The summed E-state index contributed by atoms with van der Waals surface area (Å²) in [5.74, 6) is 1.03. The largest absolute Gasteiger partial charge is 0.312 e. The molecule has 5 nitrogen and oxygen atoms in total. The number of nitrogens with zero attached hydrogens (tertiary/aromatic N) is 3. The van der Waals surface area contributed by atoms with Crippen molar-refractivity contribution in [1.29, 1.82) is 0 Å². The first-order valence-corrected chi connectivity index (χ1v) is 8.72. The summed E-state index contributed by atoms with van der Waals surface area (Å²) in [4.78, 5) is 18.3. The first kappa shape index (κ1) is 13.8. The Labute approximate surface area is 133 Å². The number of thioether (sulfide) groups is 1. The number of hydrogen-bond donors (Lipinski definition) is 1. The molecule has 1 aromatic rings. The minimum Gasteiger partial charge on any atom is -0.312 e. The summed E-state index contributed by atoms with van der Waals surface area (Å²) in [5.41, 5.74) is 6.11. The monoisotopic (exact) mass is 314 g/mol. The van der Waals surface area contributed by atoms with Gasteiger partial charge in [0.2, 0.25) is 5.91 Å². The fourth-order valence-electron chi connectivity index (χ4n) is 2.67. The molecule has 22 heavy (non-hydrogen) atoms. The topological polar surface area (TPSA) is 57.1 Å². The Balaban J connectivity index is 1.53. The number of amidine groups is 1. The van der Waals surface area contributed by atoms with Crippen molar-refractivity contribution < 1.29 is 4.79 Å². The maximum absolute atomic E-state index is 11.9. The van der Waals surface area contributed by atoms with Gasteiger partial charge in [-0.05, 0) is 31.4 Å². The zero-order chi connectivity index (χ0) is 14.9. The van der Waals surface area contributed by atoms with Gasteiger partial charge in [-0.15, -0.1) is 0 Å². The Hall–Kier alpha value is -1.82. The fraction of sp³-hybridized carbons (Fsp3) is 0.438. The van der Waals surface area contributed by atoms with Gasteiger partial charge in [0.1, 0.15) is 0 Å². The molecule has 0 radical (unpaired) electrons. The molecular weight excluding hydrogens is 296 g/mol. The van der Waals surface area contributed by atoms with Crippen LogP contribution in [0.5, 0.6) is 0 Å². The third-order valence-electron chi connectivity index (χ3n) is 4.04. The molecule has 0 unspecified atom stereocenters. The number of benzene rings is 1. The van der Waals surface area contributed by atoms with Crippen LogP contribution in [0.2, 0.25) is 0 Å². The van der Waals surface area contributed by atoms with E-state index in [2.05, 4.69) is 21.6 Å². The van der Waals surface area contributed by atoms with Crippen LogP contribution in [-0.2, 0) is 4.79 Å². The first-order valence-electron chi connectivity index (χ1n) is 7.73. The molecule has 1 saturated heterocycles. The Bertz CT molecular complexity index is 666. The SMILES string of the molecule is O=C1CCCN1c1cccc(C2=NNC(=NC3CC3)SC2)c1. The Morgan fingerprint density at radius 2 is 2.27 bits per heavy atom. The molecule has 114 valence electrons. The number of aliphatic imine (C=N–C) groups is 1. The van der Waals surface area contributed by atoms with E-state index < -0.39 is 0 Å². The van der Waals surface area contributed by atoms with Crippen LogP contribution in [-0.4, -0.2) is 35.1 Å². The van der Waals surface area contributed by atoms with Gasteiger partial charge < -0.3 is 4.90 Å². The quantitative estimate of drug-likeness (QED) is 0.932. The third-order valence-corrected chi connectivity index (χ3v) is 4.93. The van der Waals surface area contributed by atoms with E-state index in [1.54, 1.807) is 11.8 Å². The maximum atomic E-state index is 11.9. The van der Waals surface area contributed by atoms with Gasteiger partial charge in [-0.2, -0.15) is 5.10 Å². The molecule has 0 spiro atoms. The molecule has 1 amide bonds. The molecule has 0 atom stereocenters. The number of nitrogens with one attached hydrogen (secondary N) is 1. The van der Waals surface area contributed by atoms with E-state index in [0.717, 1.165) is 40.8 Å². The number of rotatable bonds is 3. The predicted molar refractivity (Wildman–Crippen MR) is 90.6 cm³/mol. The van der Waals surface area contributed by atoms with Crippen molar-refractivity contribution in [3.8, 4) is 0 Å². The summed E-state index contributed by atoms with van der Waals surface area (Å²) in [5, 5.41) is 5.39. The van der Waals surface area contributed by atoms with E-state index in [1.165, 1.54) is 12.8 Å². The van der Waals surface area contributed by atoms with Crippen molar-refractivity contribution in [3.63, 3.8) is 0 Å². The lowest BCUT2D eigenvalue weighted by atomic mass is 10.1. The number of anilines is 1. The second kappa shape index (κ2) is 5.76. The molecule has 6 heteroatoms. The molecule has 1 saturated carbocycles. The average Bonchev–Trinajstić information content (AvgIpc) is 3.26. The van der Waals surface area contributed by atoms with Gasteiger partial charge in [0.25, 0.3) is 0 Å². The van der Waals surface area contributed by atoms with Crippen LogP contribution >= 0.6 is 11.8 Å². The van der Waals surface area contributed by atoms with Crippen LogP contribution < -0.4 is 10.3 Å². The predicted octanol–water partition coefficient (Wildman–Crippen LogP) is 2.37. The van der Waals surface area contributed by atoms with Gasteiger partial charge in [-0.25, -0.2) is 0 Å². The van der Waals surface area contributed by atoms with Crippen molar-refractivity contribution in [3.05, 3.63) is 29.8 Å². The van der Waals surface area contributed by atoms with E-state index in [0.29, 0.717) is 12.5 Å². The van der Waals surface area contributed by atoms with Crippen molar-refractivity contribution in [2.24, 2.45) is 10.1 Å². The zero-order valence-corrected chi connectivity index (χ0v) is 13.1. The summed E-state index contributed by atoms with van der Waals surface area (Å²) in [6, 6.07) is 8.62. The van der Waals surface area contributed by atoms with E-state index in [1.807, 2.05) is 23.1 Å². The van der Waals surface area contributed by atoms with Gasteiger partial charge in [-0.3, -0.25) is 15.2 Å². The highest BCUT2D eigenvalue weighted by atomic mass is 32.2. The molecule has 4 rings (SSSR count). The molecule has 0 bridgehead atoms. The third kappa shape index (κ3) is 2.88. The Morgan fingerprint density at radius 3 is 2.95 bits per heavy atom. The van der Waals surface area contributed by atoms with E-state index in [4.69, 9.17) is 0 Å². The van der Waals surface area contributed by atoms with E-state index in [-0.39, 0.29) is 5.91 Å². The van der Waals surface area contributed by atoms with Gasteiger partial charge in [-0.1, -0.05) is 23.9 Å². The summed E-state index contributed by atoms with van der Waals surface area (Å²) in [6.07, 6.45) is 4.01. The van der Waals surface area contributed by atoms with E-state index >= 15 is 0 Å². The molecule has 3 aliphatic rings. The molecule has 0 aromatic heterocycles. The molecule has 2 heterocycles. The molecular formula is C16H18N4OS. The van der Waals surface area contributed by atoms with Crippen LogP contribution in [0.4, 0.5) is 5.69 Å². The summed E-state index contributed by atoms with van der Waals surface area (Å²) < 4.78 is 0. The molecule has 2 fully saturated rings. The minimum atomic E-state index is 0.217. The number of amides is 1. The van der Waals surface area contributed by atoms with Crippen molar-refractivity contribution in [2.45, 2.75) is 31.7 Å². The highest BCUT2D eigenvalue weighted by molar-refractivity contribution is 8.14. The van der Waals surface area contributed by atoms with Crippen LogP contribution in [0.25, 0.3) is 0 Å². The average molecular weight is 314 g/mol.